The maximum Gasteiger partial charge on any atom is 0.425 e. The fraction of sp³-hybridized carbons (Fsp3) is 0.750. The summed E-state index contributed by atoms with van der Waals surface area (Å²) in [5.74, 6) is -4.55. The van der Waals surface area contributed by atoms with Crippen LogP contribution in [-0.4, -0.2) is 141 Å². The summed E-state index contributed by atoms with van der Waals surface area (Å²) in [7, 11) is 5.21. The highest BCUT2D eigenvalue weighted by molar-refractivity contribution is 6.00. The second-order valence-electron chi connectivity index (χ2n) is 16.7. The van der Waals surface area contributed by atoms with Crippen LogP contribution in [0.1, 0.15) is 81.1 Å². The molecule has 3 aliphatic rings. The summed E-state index contributed by atoms with van der Waals surface area (Å²) < 4.78 is 32.9. The van der Waals surface area contributed by atoms with Crippen LogP contribution in [-0.2, 0) is 44.6 Å². The third-order valence-corrected chi connectivity index (χ3v) is 12.2. The van der Waals surface area contributed by atoms with Gasteiger partial charge in [-0.05, 0) is 86.5 Å². The fourth-order valence-corrected chi connectivity index (χ4v) is 8.88. The number of ether oxygens (including phenoxy) is 5. The van der Waals surface area contributed by atoms with Gasteiger partial charge in [-0.2, -0.15) is 0 Å². The van der Waals surface area contributed by atoms with E-state index in [-0.39, 0.29) is 30.9 Å². The van der Waals surface area contributed by atoms with E-state index in [1.54, 1.807) is 54.1 Å². The Hall–Kier alpha value is -3.74. The number of likely N-dealkylation sites (N-methyl/N-ethyl adjacent to an activating group) is 1. The third kappa shape index (κ3) is 9.13. The van der Waals surface area contributed by atoms with Gasteiger partial charge in [0.05, 0.1) is 30.2 Å². The van der Waals surface area contributed by atoms with Crippen LogP contribution in [0.4, 0.5) is 4.79 Å². The molecule has 17 heteroatoms. The predicted octanol–water partition coefficient (Wildman–Crippen LogP) is 2.83. The third-order valence-electron chi connectivity index (χ3n) is 12.2. The van der Waals surface area contributed by atoms with Crippen molar-refractivity contribution in [3.05, 3.63) is 24.7 Å². The van der Waals surface area contributed by atoms with Crippen molar-refractivity contribution >= 4 is 34.9 Å². The van der Waals surface area contributed by atoms with Gasteiger partial charge in [0.2, 0.25) is 5.91 Å². The molecular formula is C40H63N7O10. The van der Waals surface area contributed by atoms with Crippen LogP contribution in [0.5, 0.6) is 0 Å². The van der Waals surface area contributed by atoms with Crippen molar-refractivity contribution in [2.45, 2.75) is 148 Å². The number of rotatable bonds is 10. The van der Waals surface area contributed by atoms with Gasteiger partial charge in [-0.15, -0.1) is 0 Å². The maximum atomic E-state index is 14.3. The minimum absolute atomic E-state index is 0.0906. The molecule has 2 aromatic rings. The first-order chi connectivity index (χ1) is 26.9. The summed E-state index contributed by atoms with van der Waals surface area (Å²) in [6.07, 6.45) is -0.286. The molecule has 0 radical (unpaired) electrons. The van der Waals surface area contributed by atoms with E-state index in [0.29, 0.717) is 25.9 Å². The number of aryl methyl sites for hydroxylation is 1. The lowest BCUT2D eigenvalue weighted by Gasteiger charge is -2.46. The summed E-state index contributed by atoms with van der Waals surface area (Å²) in [4.78, 5) is 66.9. The Morgan fingerprint density at radius 3 is 2.49 bits per heavy atom. The lowest BCUT2D eigenvalue weighted by molar-refractivity contribution is -0.295. The Balaban J connectivity index is 1.44. The van der Waals surface area contributed by atoms with Crippen molar-refractivity contribution in [1.82, 2.24) is 35.2 Å². The second-order valence-corrected chi connectivity index (χ2v) is 16.7. The number of hydrogen-bond donors (Lipinski definition) is 3. The zero-order valence-electron chi connectivity index (χ0n) is 35.3. The zero-order valence-corrected chi connectivity index (χ0v) is 35.3. The van der Waals surface area contributed by atoms with Crippen molar-refractivity contribution < 1.29 is 48.0 Å². The van der Waals surface area contributed by atoms with E-state index in [1.165, 1.54) is 19.0 Å². The number of pyridine rings is 1. The summed E-state index contributed by atoms with van der Waals surface area (Å²) in [6.45, 7) is 14.7. The Bertz CT molecular complexity index is 1740. The number of hydrazine groups is 1. The lowest BCUT2D eigenvalue weighted by atomic mass is 9.78. The summed E-state index contributed by atoms with van der Waals surface area (Å²) in [5.41, 5.74) is 2.02. The van der Waals surface area contributed by atoms with Gasteiger partial charge >= 0.3 is 12.1 Å². The van der Waals surface area contributed by atoms with E-state index in [1.807, 2.05) is 42.6 Å². The number of nitrogens with one attached hydrogen (secondary N) is 2. The Labute approximate surface area is 335 Å². The molecule has 13 atom stereocenters. The fourth-order valence-electron chi connectivity index (χ4n) is 8.88. The Morgan fingerprint density at radius 2 is 1.82 bits per heavy atom. The quantitative estimate of drug-likeness (QED) is 0.180. The molecule has 17 nitrogen and oxygen atoms in total. The number of ketones is 1. The van der Waals surface area contributed by atoms with Crippen LogP contribution < -0.4 is 10.7 Å². The number of aliphatic hydroxyl groups excluding tert-OH is 1. The number of aliphatic hydroxyl groups is 1. The first kappa shape index (κ1) is 44.4. The number of carbonyl (C=O) groups is 4. The molecule has 3 fully saturated rings. The first-order valence-corrected chi connectivity index (χ1v) is 20.1. The minimum Gasteiger partial charge on any atom is -0.457 e. The second kappa shape index (κ2) is 18.0. The maximum absolute atomic E-state index is 14.3. The number of nitrogens with zero attached hydrogens (tertiary/aromatic N) is 5. The van der Waals surface area contributed by atoms with Gasteiger partial charge in [0, 0.05) is 44.3 Å². The van der Waals surface area contributed by atoms with E-state index in [4.69, 9.17) is 23.7 Å². The molecule has 0 saturated carbocycles. The number of amides is 2. The molecule has 5 heterocycles. The number of fused-ring (bicyclic) bond motifs is 2. The zero-order chi connectivity index (χ0) is 42.0. The van der Waals surface area contributed by atoms with Gasteiger partial charge in [0.25, 0.3) is 0 Å². The minimum atomic E-state index is -1.44. The van der Waals surface area contributed by atoms with Gasteiger partial charge in [0.1, 0.15) is 29.7 Å². The molecule has 3 aliphatic heterocycles. The molecule has 57 heavy (non-hydrogen) atoms. The van der Waals surface area contributed by atoms with Crippen molar-refractivity contribution in [2.75, 3.05) is 27.7 Å². The van der Waals surface area contributed by atoms with Gasteiger partial charge in [0.15, 0.2) is 23.3 Å². The standard InChI is InChI=1S/C40H63N7O10/c1-12-29-40(8)32(47(38(52)57-40)43-17-14-18-46-21-42-27-15-13-16-41-34(27)46)26(6)44-35(50)22(2)20-39(7,53-11)33(24(4)30(48)25(5)36(51)55-29)56-37-31(49)28(45(9)10)19-23(3)54-37/h13,15-16,21-26,28-29,31-33,37,43,49H,12,14,17-20H2,1-11H3,(H,44,50)/t22-,23-,24+,25-,26?,28+,29-,31-,32-,33-,37+,39+,40-/m1/s1. The van der Waals surface area contributed by atoms with Gasteiger partial charge in [-0.3, -0.25) is 14.4 Å². The molecule has 3 N–H and O–H groups in total. The van der Waals surface area contributed by atoms with E-state index in [9.17, 15) is 24.3 Å². The number of aromatic nitrogens is 3. The smallest absolute Gasteiger partial charge is 0.425 e. The molecule has 0 bridgehead atoms. The number of imidazole rings is 1. The largest absolute Gasteiger partial charge is 0.457 e. The molecule has 2 aromatic heterocycles. The molecule has 3 saturated heterocycles. The average Bonchev–Trinajstić information content (AvgIpc) is 3.70. The summed E-state index contributed by atoms with van der Waals surface area (Å²) >= 11 is 0. The van der Waals surface area contributed by atoms with Crippen molar-refractivity contribution in [1.29, 1.82) is 0 Å². The average molecular weight is 802 g/mol. The SMILES string of the molecule is CC[C@H]1OC(=O)[C@H](C)C(=O)[C@H](C)[C@@H](O[C@@H]2O[C@H](C)C[C@H](N(C)C)[C@H]2O)[C@@](C)(OC)C[C@@H](C)C(=O)NC(C)[C@H]2N(NCCCn3cnc4cccnc43)C(=O)O[C@]12C. The highest BCUT2D eigenvalue weighted by Gasteiger charge is 2.59. The van der Waals surface area contributed by atoms with Gasteiger partial charge in [-0.1, -0.05) is 20.8 Å². The van der Waals surface area contributed by atoms with Crippen LogP contribution in [0.25, 0.3) is 11.2 Å². The number of cyclic esters (lactones) is 1. The highest BCUT2D eigenvalue weighted by Crippen LogP contribution is 2.39. The van der Waals surface area contributed by atoms with Crippen molar-refractivity contribution in [2.24, 2.45) is 17.8 Å². The first-order valence-electron chi connectivity index (χ1n) is 20.1. The van der Waals surface area contributed by atoms with Gasteiger partial charge in [-0.25, -0.2) is 25.2 Å². The van der Waals surface area contributed by atoms with E-state index < -0.39 is 83.5 Å². The van der Waals surface area contributed by atoms with Crippen LogP contribution in [0.2, 0.25) is 0 Å². The number of esters is 1. The topological polar surface area (TPSA) is 196 Å². The van der Waals surface area contributed by atoms with Crippen LogP contribution in [0, 0.1) is 17.8 Å². The Morgan fingerprint density at radius 1 is 1.11 bits per heavy atom. The molecule has 1 unspecified atom stereocenters. The van der Waals surface area contributed by atoms with Crippen LogP contribution in [0.15, 0.2) is 24.7 Å². The monoisotopic (exact) mass is 801 g/mol. The summed E-state index contributed by atoms with van der Waals surface area (Å²) in [5, 5.41) is 15.9. The van der Waals surface area contributed by atoms with E-state index >= 15 is 0 Å². The van der Waals surface area contributed by atoms with Crippen molar-refractivity contribution in [3.8, 4) is 0 Å². The number of Topliss-reactive ketones (excluding diaryl/α,β-unsaturated/α-hetero) is 1. The molecular weight excluding hydrogens is 738 g/mol. The van der Waals surface area contributed by atoms with Gasteiger partial charge < -0.3 is 43.6 Å². The molecule has 2 amide bonds. The lowest BCUT2D eigenvalue weighted by Crippen LogP contribution is -2.63. The van der Waals surface area contributed by atoms with Crippen LogP contribution >= 0.6 is 0 Å². The number of methoxy groups -OCH3 is 1. The van der Waals surface area contributed by atoms with E-state index in [0.717, 1.165) is 11.2 Å². The number of carbonyl (C=O) groups excluding carboxylic acids is 4. The molecule has 0 aliphatic carbocycles. The number of hydrogen-bond acceptors (Lipinski definition) is 14. The van der Waals surface area contributed by atoms with Crippen molar-refractivity contribution in [3.63, 3.8) is 0 Å². The molecule has 318 valence electrons. The Kier molecular flexibility index (Phi) is 14.0. The normalized spacial score (nSPS) is 37.4. The molecule has 0 spiro atoms. The molecule has 5 rings (SSSR count). The van der Waals surface area contributed by atoms with Crippen LogP contribution in [0.3, 0.4) is 0 Å². The summed E-state index contributed by atoms with van der Waals surface area (Å²) in [6, 6.07) is 1.88. The predicted molar refractivity (Wildman–Crippen MR) is 208 cm³/mol. The molecule has 0 aromatic carbocycles. The van der Waals surface area contributed by atoms with E-state index in [2.05, 4.69) is 20.7 Å². The highest BCUT2D eigenvalue weighted by atomic mass is 16.7.